The van der Waals surface area contributed by atoms with Gasteiger partial charge in [0.05, 0.1) is 11.7 Å². The van der Waals surface area contributed by atoms with E-state index in [1.54, 1.807) is 12.1 Å². The van der Waals surface area contributed by atoms with E-state index >= 15 is 0 Å². The molecule has 0 bridgehead atoms. The molecule has 0 aliphatic carbocycles. The molecule has 1 heterocycles. The van der Waals surface area contributed by atoms with Gasteiger partial charge in [-0.15, -0.1) is 0 Å². The molecule has 0 aromatic heterocycles. The Labute approximate surface area is 105 Å². The van der Waals surface area contributed by atoms with Crippen molar-refractivity contribution >= 4 is 11.6 Å². The van der Waals surface area contributed by atoms with Crippen molar-refractivity contribution in [1.82, 2.24) is 10.6 Å². The summed E-state index contributed by atoms with van der Waals surface area (Å²) in [6.45, 7) is 3.85. The lowest BCUT2D eigenvalue weighted by Crippen LogP contribution is -2.44. The molecule has 1 aliphatic rings. The Morgan fingerprint density at radius 1 is 1.39 bits per heavy atom. The van der Waals surface area contributed by atoms with Crippen LogP contribution in [0.2, 0.25) is 0 Å². The molecule has 0 radical (unpaired) electrons. The normalized spacial score (nSPS) is 21.2. The van der Waals surface area contributed by atoms with E-state index in [9.17, 15) is 4.79 Å². The van der Waals surface area contributed by atoms with E-state index in [0.29, 0.717) is 12.1 Å². The van der Waals surface area contributed by atoms with Gasteiger partial charge in [-0.3, -0.25) is 10.1 Å². The van der Waals surface area contributed by atoms with Gasteiger partial charge in [0, 0.05) is 10.6 Å². The van der Waals surface area contributed by atoms with E-state index in [1.165, 1.54) is 0 Å². The molecule has 1 saturated heterocycles. The second kappa shape index (κ2) is 4.68. The summed E-state index contributed by atoms with van der Waals surface area (Å²) in [7, 11) is 0. The van der Waals surface area contributed by atoms with Crippen LogP contribution in [0, 0.1) is 0 Å². The standard InChI is InChI=1S/C12H15N5O/c1-12(2)14-10(11(18)15-12)7-8-3-5-9(6-4-8)16-17-13/h3-6,10,14H,7H2,1-2H3,(H,15,18)/t10-/m0/s1. The monoisotopic (exact) mass is 245 g/mol. The summed E-state index contributed by atoms with van der Waals surface area (Å²) in [5, 5.41) is 9.61. The Bertz CT molecular complexity index is 502. The molecule has 0 saturated carbocycles. The van der Waals surface area contributed by atoms with E-state index in [0.717, 1.165) is 5.56 Å². The van der Waals surface area contributed by atoms with Crippen molar-refractivity contribution in [2.45, 2.75) is 32.0 Å². The Balaban J connectivity index is 2.06. The number of carbonyl (C=O) groups is 1. The van der Waals surface area contributed by atoms with E-state index in [1.807, 2.05) is 26.0 Å². The molecule has 2 rings (SSSR count). The highest BCUT2D eigenvalue weighted by Gasteiger charge is 2.35. The number of benzene rings is 1. The zero-order chi connectivity index (χ0) is 13.2. The molecular weight excluding hydrogens is 230 g/mol. The van der Waals surface area contributed by atoms with Gasteiger partial charge in [-0.05, 0) is 31.4 Å². The van der Waals surface area contributed by atoms with Gasteiger partial charge in [-0.1, -0.05) is 29.4 Å². The van der Waals surface area contributed by atoms with Gasteiger partial charge >= 0.3 is 0 Å². The second-order valence-corrected chi connectivity index (χ2v) is 4.87. The number of amides is 1. The van der Waals surface area contributed by atoms with Crippen molar-refractivity contribution < 1.29 is 4.79 Å². The summed E-state index contributed by atoms with van der Waals surface area (Å²) in [5.41, 5.74) is 9.55. The lowest BCUT2D eigenvalue weighted by Gasteiger charge is -2.18. The minimum absolute atomic E-state index is 0.0131. The lowest BCUT2D eigenvalue weighted by molar-refractivity contribution is -0.120. The molecule has 1 aliphatic heterocycles. The first kappa shape index (κ1) is 12.4. The predicted octanol–water partition coefficient (Wildman–Crippen LogP) is 1.99. The highest BCUT2D eigenvalue weighted by molar-refractivity contribution is 5.85. The van der Waals surface area contributed by atoms with Crippen LogP contribution in [0.25, 0.3) is 10.4 Å². The predicted molar refractivity (Wildman–Crippen MR) is 68.1 cm³/mol. The van der Waals surface area contributed by atoms with Crippen LogP contribution >= 0.6 is 0 Å². The Kier molecular flexibility index (Phi) is 3.23. The average molecular weight is 245 g/mol. The van der Waals surface area contributed by atoms with Crippen LogP contribution in [0.5, 0.6) is 0 Å². The maximum atomic E-state index is 11.7. The summed E-state index contributed by atoms with van der Waals surface area (Å²) < 4.78 is 0. The van der Waals surface area contributed by atoms with Crippen LogP contribution in [0.15, 0.2) is 29.4 Å². The molecule has 0 spiro atoms. The lowest BCUT2D eigenvalue weighted by atomic mass is 10.1. The zero-order valence-corrected chi connectivity index (χ0v) is 10.3. The Hall–Kier alpha value is -2.04. The third-order valence-electron chi connectivity index (χ3n) is 2.82. The number of hydrogen-bond acceptors (Lipinski definition) is 3. The first-order chi connectivity index (χ1) is 8.50. The summed E-state index contributed by atoms with van der Waals surface area (Å²) in [4.78, 5) is 14.4. The number of rotatable bonds is 3. The summed E-state index contributed by atoms with van der Waals surface area (Å²) in [6.07, 6.45) is 0.617. The molecule has 18 heavy (non-hydrogen) atoms. The van der Waals surface area contributed by atoms with Crippen molar-refractivity contribution in [1.29, 1.82) is 0 Å². The number of carbonyl (C=O) groups excluding carboxylic acids is 1. The van der Waals surface area contributed by atoms with Crippen LogP contribution in [-0.2, 0) is 11.2 Å². The van der Waals surface area contributed by atoms with E-state index in [4.69, 9.17) is 5.53 Å². The van der Waals surface area contributed by atoms with Crippen molar-refractivity contribution in [3.63, 3.8) is 0 Å². The maximum absolute atomic E-state index is 11.7. The van der Waals surface area contributed by atoms with E-state index in [2.05, 4.69) is 20.7 Å². The van der Waals surface area contributed by atoms with Crippen LogP contribution in [-0.4, -0.2) is 17.6 Å². The largest absolute Gasteiger partial charge is 0.337 e. The Morgan fingerprint density at radius 3 is 2.56 bits per heavy atom. The van der Waals surface area contributed by atoms with Gasteiger partial charge in [0.1, 0.15) is 0 Å². The van der Waals surface area contributed by atoms with Gasteiger partial charge in [0.25, 0.3) is 0 Å². The van der Waals surface area contributed by atoms with Crippen molar-refractivity contribution in [3.8, 4) is 0 Å². The van der Waals surface area contributed by atoms with Crippen LogP contribution in [0.4, 0.5) is 5.69 Å². The Morgan fingerprint density at radius 2 is 2.06 bits per heavy atom. The van der Waals surface area contributed by atoms with Gasteiger partial charge in [0.2, 0.25) is 5.91 Å². The highest BCUT2D eigenvalue weighted by atomic mass is 16.2. The molecule has 1 atom stereocenters. The molecule has 1 amide bonds. The number of hydrogen-bond donors (Lipinski definition) is 2. The van der Waals surface area contributed by atoms with Gasteiger partial charge in [0.15, 0.2) is 0 Å². The molecule has 1 aromatic carbocycles. The summed E-state index contributed by atoms with van der Waals surface area (Å²) >= 11 is 0. The van der Waals surface area contributed by atoms with Crippen molar-refractivity contribution in [2.24, 2.45) is 5.11 Å². The van der Waals surface area contributed by atoms with Crippen molar-refractivity contribution in [2.75, 3.05) is 0 Å². The molecule has 0 unspecified atom stereocenters. The number of nitrogens with zero attached hydrogens (tertiary/aromatic N) is 3. The smallest absolute Gasteiger partial charge is 0.238 e. The highest BCUT2D eigenvalue weighted by Crippen LogP contribution is 2.17. The van der Waals surface area contributed by atoms with Crippen molar-refractivity contribution in [3.05, 3.63) is 40.3 Å². The van der Waals surface area contributed by atoms with E-state index in [-0.39, 0.29) is 17.6 Å². The molecule has 6 heteroatoms. The van der Waals surface area contributed by atoms with Crippen LogP contribution in [0.3, 0.4) is 0 Å². The first-order valence-electron chi connectivity index (χ1n) is 5.74. The molecule has 1 aromatic rings. The molecule has 2 N–H and O–H groups in total. The molecule has 6 nitrogen and oxygen atoms in total. The minimum atomic E-state index is -0.354. The number of nitrogens with one attached hydrogen (secondary N) is 2. The quantitative estimate of drug-likeness (QED) is 0.484. The van der Waals surface area contributed by atoms with Gasteiger partial charge < -0.3 is 5.32 Å². The first-order valence-corrected chi connectivity index (χ1v) is 5.74. The maximum Gasteiger partial charge on any atom is 0.238 e. The third kappa shape index (κ3) is 2.80. The molecule has 94 valence electrons. The zero-order valence-electron chi connectivity index (χ0n) is 10.3. The molecule has 1 fully saturated rings. The fourth-order valence-corrected chi connectivity index (χ4v) is 2.06. The topological polar surface area (TPSA) is 89.9 Å². The molecular formula is C12H15N5O. The second-order valence-electron chi connectivity index (χ2n) is 4.87. The van der Waals surface area contributed by atoms with Crippen LogP contribution in [0.1, 0.15) is 19.4 Å². The minimum Gasteiger partial charge on any atom is -0.337 e. The third-order valence-corrected chi connectivity index (χ3v) is 2.82. The van der Waals surface area contributed by atoms with Gasteiger partial charge in [-0.2, -0.15) is 0 Å². The summed E-state index contributed by atoms with van der Waals surface area (Å²) in [5.74, 6) is 0.0131. The number of azide groups is 1. The SMILES string of the molecule is CC1(C)NC(=O)[C@H](Cc2ccc(N=[N+]=[N-])cc2)N1. The van der Waals surface area contributed by atoms with Crippen LogP contribution < -0.4 is 10.6 Å². The average Bonchev–Trinajstić information content (AvgIpc) is 2.55. The summed E-state index contributed by atoms with van der Waals surface area (Å²) in [6, 6.07) is 7.00. The fourth-order valence-electron chi connectivity index (χ4n) is 2.06. The van der Waals surface area contributed by atoms with Gasteiger partial charge in [-0.25, -0.2) is 0 Å². The fraction of sp³-hybridized carbons (Fsp3) is 0.417. The van der Waals surface area contributed by atoms with E-state index < -0.39 is 0 Å².